The summed E-state index contributed by atoms with van der Waals surface area (Å²) in [6.45, 7) is 2.85. The number of nitro groups is 1. The van der Waals surface area contributed by atoms with Crippen LogP contribution in [0.5, 0.6) is 0 Å². The molecule has 0 bridgehead atoms. The molecule has 2 aromatic carbocycles. The van der Waals surface area contributed by atoms with Gasteiger partial charge in [-0.15, -0.1) is 0 Å². The molecule has 0 saturated carbocycles. The SMILES string of the molecule is CCOC(=O)[C@H]1CNCC[C@H]1N(Cc1ccccc1)S(=O)(=O)c1ccc([N+](=O)[O-])cc1. The number of hydrogen-bond acceptors (Lipinski definition) is 7. The summed E-state index contributed by atoms with van der Waals surface area (Å²) in [5.74, 6) is -1.11. The first-order valence-corrected chi connectivity index (χ1v) is 11.5. The summed E-state index contributed by atoms with van der Waals surface area (Å²) in [5, 5.41) is 14.1. The molecule has 9 nitrogen and oxygen atoms in total. The van der Waals surface area contributed by atoms with E-state index in [-0.39, 0.29) is 23.7 Å². The average Bonchev–Trinajstić information content (AvgIpc) is 2.78. The number of carbonyl (C=O) groups is 1. The van der Waals surface area contributed by atoms with Crippen LogP contribution < -0.4 is 5.32 Å². The third-order valence-corrected chi connectivity index (χ3v) is 7.13. The molecular formula is C21H25N3O6S. The summed E-state index contributed by atoms with van der Waals surface area (Å²) in [7, 11) is -4.05. The lowest BCUT2D eigenvalue weighted by Gasteiger charge is -2.38. The maximum Gasteiger partial charge on any atom is 0.311 e. The van der Waals surface area contributed by atoms with Crippen LogP contribution in [-0.2, 0) is 26.1 Å². The highest BCUT2D eigenvalue weighted by atomic mass is 32.2. The summed E-state index contributed by atoms with van der Waals surface area (Å²) in [5.41, 5.74) is 0.578. The van der Waals surface area contributed by atoms with Crippen molar-refractivity contribution in [3.8, 4) is 0 Å². The number of nitrogens with one attached hydrogen (secondary N) is 1. The normalized spacial score (nSPS) is 19.2. The highest BCUT2D eigenvalue weighted by molar-refractivity contribution is 7.89. The van der Waals surface area contributed by atoms with E-state index in [1.165, 1.54) is 28.6 Å². The molecule has 10 heteroatoms. The van der Waals surface area contributed by atoms with E-state index in [4.69, 9.17) is 4.74 Å². The van der Waals surface area contributed by atoms with Crippen molar-refractivity contribution >= 4 is 21.7 Å². The molecule has 31 heavy (non-hydrogen) atoms. The molecule has 3 rings (SSSR count). The summed E-state index contributed by atoms with van der Waals surface area (Å²) < 4.78 is 33.8. The van der Waals surface area contributed by atoms with Crippen molar-refractivity contribution < 1.29 is 22.9 Å². The number of esters is 1. The maximum atomic E-state index is 13.6. The number of nitro benzene ring substituents is 1. The molecule has 0 unspecified atom stereocenters. The molecule has 1 fully saturated rings. The second-order valence-electron chi connectivity index (χ2n) is 7.21. The van der Waals surface area contributed by atoms with Crippen molar-refractivity contribution in [3.63, 3.8) is 0 Å². The summed E-state index contributed by atoms with van der Waals surface area (Å²) in [6.07, 6.45) is 0.433. The Hall–Kier alpha value is -2.82. The Morgan fingerprint density at radius 2 is 1.87 bits per heavy atom. The smallest absolute Gasteiger partial charge is 0.311 e. The lowest BCUT2D eigenvalue weighted by atomic mass is 9.93. The molecule has 0 amide bonds. The number of benzene rings is 2. The van der Waals surface area contributed by atoms with Gasteiger partial charge in [0.05, 0.1) is 22.3 Å². The Balaban J connectivity index is 2.02. The van der Waals surface area contributed by atoms with Crippen LogP contribution in [0.3, 0.4) is 0 Å². The van der Waals surface area contributed by atoms with Crippen LogP contribution in [0.15, 0.2) is 59.5 Å². The van der Waals surface area contributed by atoms with Gasteiger partial charge < -0.3 is 10.1 Å². The van der Waals surface area contributed by atoms with E-state index in [1.807, 2.05) is 30.3 Å². The van der Waals surface area contributed by atoms with Crippen LogP contribution in [0.4, 0.5) is 5.69 Å². The molecular weight excluding hydrogens is 422 g/mol. The average molecular weight is 448 g/mol. The summed E-state index contributed by atoms with van der Waals surface area (Å²) in [6, 6.07) is 13.3. The molecule has 166 valence electrons. The molecule has 1 aliphatic rings. The Morgan fingerprint density at radius 1 is 1.19 bits per heavy atom. The molecule has 0 radical (unpaired) electrons. The lowest BCUT2D eigenvalue weighted by Crippen LogP contribution is -2.54. The molecule has 0 spiro atoms. The van der Waals surface area contributed by atoms with Gasteiger partial charge in [-0.3, -0.25) is 14.9 Å². The number of piperidine rings is 1. The Kier molecular flexibility index (Phi) is 7.37. The molecule has 0 aromatic heterocycles. The third kappa shape index (κ3) is 5.27. The first kappa shape index (κ1) is 22.9. The van der Waals surface area contributed by atoms with Crippen LogP contribution in [0, 0.1) is 16.0 Å². The molecule has 2 aromatic rings. The van der Waals surface area contributed by atoms with Gasteiger partial charge in [0.2, 0.25) is 10.0 Å². The third-order valence-electron chi connectivity index (χ3n) is 5.24. The fourth-order valence-corrected chi connectivity index (χ4v) is 5.38. The van der Waals surface area contributed by atoms with Crippen molar-refractivity contribution in [2.75, 3.05) is 19.7 Å². The highest BCUT2D eigenvalue weighted by Gasteiger charge is 2.41. The van der Waals surface area contributed by atoms with Crippen LogP contribution in [0.1, 0.15) is 18.9 Å². The number of non-ortho nitro benzene ring substituents is 1. The Bertz CT molecular complexity index is 1010. The molecule has 0 aliphatic carbocycles. The zero-order valence-corrected chi connectivity index (χ0v) is 18.0. The molecule has 1 N–H and O–H groups in total. The van der Waals surface area contributed by atoms with Crippen molar-refractivity contribution in [3.05, 3.63) is 70.3 Å². The number of ether oxygens (including phenoxy) is 1. The van der Waals surface area contributed by atoms with E-state index in [9.17, 15) is 23.3 Å². The van der Waals surface area contributed by atoms with Crippen molar-refractivity contribution in [1.29, 1.82) is 0 Å². The Morgan fingerprint density at radius 3 is 2.48 bits per heavy atom. The fraction of sp³-hybridized carbons (Fsp3) is 0.381. The first-order chi connectivity index (χ1) is 14.8. The van der Waals surface area contributed by atoms with Gasteiger partial charge in [-0.1, -0.05) is 30.3 Å². The molecule has 2 atom stereocenters. The maximum absolute atomic E-state index is 13.6. The monoisotopic (exact) mass is 447 g/mol. The predicted octanol–water partition coefficient (Wildman–Crippen LogP) is 2.33. The molecule has 1 aliphatic heterocycles. The van der Waals surface area contributed by atoms with E-state index < -0.39 is 32.9 Å². The van der Waals surface area contributed by atoms with Crippen molar-refractivity contribution in [2.24, 2.45) is 5.92 Å². The molecule has 1 heterocycles. The highest BCUT2D eigenvalue weighted by Crippen LogP contribution is 2.29. The van der Waals surface area contributed by atoms with E-state index in [1.54, 1.807) is 6.92 Å². The fourth-order valence-electron chi connectivity index (χ4n) is 3.70. The minimum atomic E-state index is -4.05. The lowest BCUT2D eigenvalue weighted by molar-refractivity contribution is -0.384. The number of nitrogens with zero attached hydrogens (tertiary/aromatic N) is 2. The molecule has 1 saturated heterocycles. The van der Waals surface area contributed by atoms with Crippen molar-refractivity contribution in [2.45, 2.75) is 30.8 Å². The van der Waals surface area contributed by atoms with E-state index in [2.05, 4.69) is 5.32 Å². The van der Waals surface area contributed by atoms with Crippen molar-refractivity contribution in [1.82, 2.24) is 9.62 Å². The van der Waals surface area contributed by atoms with Gasteiger partial charge in [0, 0.05) is 31.3 Å². The zero-order valence-electron chi connectivity index (χ0n) is 17.1. The minimum Gasteiger partial charge on any atom is -0.466 e. The van der Waals surface area contributed by atoms with E-state index in [0.29, 0.717) is 19.5 Å². The van der Waals surface area contributed by atoms with E-state index in [0.717, 1.165) is 5.56 Å². The predicted molar refractivity (Wildman–Crippen MR) is 114 cm³/mol. The van der Waals surface area contributed by atoms with Crippen LogP contribution in [-0.4, -0.2) is 49.4 Å². The zero-order chi connectivity index (χ0) is 22.4. The summed E-state index contributed by atoms with van der Waals surface area (Å²) >= 11 is 0. The van der Waals surface area contributed by atoms with Gasteiger partial charge in [-0.2, -0.15) is 4.31 Å². The number of carbonyl (C=O) groups excluding carboxylic acids is 1. The van der Waals surface area contributed by atoms with Crippen LogP contribution >= 0.6 is 0 Å². The first-order valence-electron chi connectivity index (χ1n) is 10.0. The topological polar surface area (TPSA) is 119 Å². The number of rotatable bonds is 8. The van der Waals surface area contributed by atoms with Crippen LogP contribution in [0.25, 0.3) is 0 Å². The van der Waals surface area contributed by atoms with Gasteiger partial charge in [-0.05, 0) is 37.6 Å². The second kappa shape index (κ2) is 9.99. The van der Waals surface area contributed by atoms with Crippen LogP contribution in [0.2, 0.25) is 0 Å². The van der Waals surface area contributed by atoms with Gasteiger partial charge in [0.1, 0.15) is 0 Å². The second-order valence-corrected chi connectivity index (χ2v) is 9.10. The number of sulfonamides is 1. The van der Waals surface area contributed by atoms with E-state index >= 15 is 0 Å². The van der Waals surface area contributed by atoms with Gasteiger partial charge in [0.15, 0.2) is 0 Å². The standard InChI is InChI=1S/C21H25N3O6S/c1-2-30-21(25)19-14-22-13-12-20(19)23(15-16-6-4-3-5-7-16)31(28,29)18-10-8-17(9-11-18)24(26)27/h3-11,19-20,22H,2,12-15H2,1H3/t19-,20+/m0/s1. The van der Waals surface area contributed by atoms with Gasteiger partial charge in [-0.25, -0.2) is 8.42 Å². The van der Waals surface area contributed by atoms with Gasteiger partial charge >= 0.3 is 5.97 Å². The minimum absolute atomic E-state index is 0.0600. The summed E-state index contributed by atoms with van der Waals surface area (Å²) in [4.78, 5) is 22.9. The Labute approximate surface area is 181 Å². The quantitative estimate of drug-likeness (QED) is 0.375. The number of hydrogen-bond donors (Lipinski definition) is 1. The largest absolute Gasteiger partial charge is 0.466 e. The van der Waals surface area contributed by atoms with Gasteiger partial charge in [0.25, 0.3) is 5.69 Å².